The van der Waals surface area contributed by atoms with Crippen molar-refractivity contribution in [1.82, 2.24) is 5.32 Å². The minimum absolute atomic E-state index is 0.495. The Bertz CT molecular complexity index is 276. The van der Waals surface area contributed by atoms with E-state index in [2.05, 4.69) is 21.2 Å². The van der Waals surface area contributed by atoms with Crippen LogP contribution in [0.2, 0.25) is 0 Å². The van der Waals surface area contributed by atoms with Crippen molar-refractivity contribution >= 4 is 44.2 Å². The molecular formula is C7H7BrClNOS. The Hall–Kier alpha value is -0.0600. The summed E-state index contributed by atoms with van der Waals surface area (Å²) in [6.07, 6.45) is 0.828. The van der Waals surface area contributed by atoms with Gasteiger partial charge in [0.15, 0.2) is 0 Å². The summed E-state index contributed by atoms with van der Waals surface area (Å²) < 4.78 is 1.11. The molecule has 66 valence electrons. The molecule has 0 aliphatic rings. The van der Waals surface area contributed by atoms with Crippen LogP contribution in [0.15, 0.2) is 15.9 Å². The summed E-state index contributed by atoms with van der Waals surface area (Å²) in [6.45, 7) is 0.593. The number of hydrogen-bond acceptors (Lipinski definition) is 2. The Morgan fingerprint density at radius 2 is 2.42 bits per heavy atom. The van der Waals surface area contributed by atoms with Crippen molar-refractivity contribution in [2.45, 2.75) is 6.42 Å². The smallest absolute Gasteiger partial charge is 0.313 e. The van der Waals surface area contributed by atoms with E-state index in [4.69, 9.17) is 11.6 Å². The highest BCUT2D eigenvalue weighted by Gasteiger charge is 1.98. The second kappa shape index (κ2) is 4.84. The van der Waals surface area contributed by atoms with Crippen molar-refractivity contribution in [2.75, 3.05) is 6.54 Å². The van der Waals surface area contributed by atoms with Crippen LogP contribution in [0.3, 0.4) is 0 Å². The molecular weight excluding hydrogens is 262 g/mol. The summed E-state index contributed by atoms with van der Waals surface area (Å²) in [7, 11) is 0. The number of halogens is 2. The van der Waals surface area contributed by atoms with E-state index in [0.29, 0.717) is 6.54 Å². The number of carbonyl (C=O) groups is 1. The third kappa shape index (κ3) is 3.56. The Labute approximate surface area is 88.0 Å². The van der Waals surface area contributed by atoms with Crippen LogP contribution in [-0.4, -0.2) is 11.9 Å². The van der Waals surface area contributed by atoms with Gasteiger partial charge in [0.1, 0.15) is 0 Å². The van der Waals surface area contributed by atoms with Gasteiger partial charge >= 0.3 is 5.37 Å². The first kappa shape index (κ1) is 10.0. The Balaban J connectivity index is 2.29. The fourth-order valence-corrected chi connectivity index (χ4v) is 2.35. The third-order valence-electron chi connectivity index (χ3n) is 1.26. The van der Waals surface area contributed by atoms with Gasteiger partial charge in [-0.25, -0.2) is 0 Å². The molecule has 1 aromatic heterocycles. The van der Waals surface area contributed by atoms with Gasteiger partial charge in [0.05, 0.1) is 3.79 Å². The first-order chi connectivity index (χ1) is 5.68. The summed E-state index contributed by atoms with van der Waals surface area (Å²) in [6, 6.07) is 4.01. The zero-order chi connectivity index (χ0) is 8.97. The molecule has 0 aromatic carbocycles. The molecule has 0 aliphatic heterocycles. The standard InChI is InChI=1S/C7H7BrClNOS/c8-6-2-1-5(12-6)3-4-10-7(9)11/h1-2H,3-4H2,(H,10,11). The summed E-state index contributed by atoms with van der Waals surface area (Å²) in [4.78, 5) is 11.5. The Kier molecular flexibility index (Phi) is 4.05. The molecule has 0 unspecified atom stereocenters. The first-order valence-corrected chi connectivity index (χ1v) is 5.35. The average Bonchev–Trinajstić information content (AvgIpc) is 2.35. The van der Waals surface area contributed by atoms with Gasteiger partial charge in [-0.15, -0.1) is 11.3 Å². The summed E-state index contributed by atoms with van der Waals surface area (Å²) >= 11 is 10.1. The molecule has 0 fully saturated rings. The second-order valence-corrected chi connectivity index (χ2v) is 5.05. The molecule has 1 N–H and O–H groups in total. The van der Waals surface area contributed by atoms with Crippen LogP contribution in [0, 0.1) is 0 Å². The predicted molar refractivity (Wildman–Crippen MR) is 55.0 cm³/mol. The number of amides is 1. The van der Waals surface area contributed by atoms with Gasteiger partial charge in [0.2, 0.25) is 0 Å². The van der Waals surface area contributed by atoms with Crippen molar-refractivity contribution < 1.29 is 4.79 Å². The van der Waals surface area contributed by atoms with Gasteiger partial charge in [-0.3, -0.25) is 4.79 Å². The van der Waals surface area contributed by atoms with E-state index in [9.17, 15) is 4.79 Å². The maximum absolute atomic E-state index is 10.3. The van der Waals surface area contributed by atoms with E-state index in [1.54, 1.807) is 11.3 Å². The molecule has 0 saturated heterocycles. The van der Waals surface area contributed by atoms with Crippen molar-refractivity contribution in [1.29, 1.82) is 0 Å². The molecule has 0 aliphatic carbocycles. The number of rotatable bonds is 3. The van der Waals surface area contributed by atoms with Crippen molar-refractivity contribution in [3.63, 3.8) is 0 Å². The highest BCUT2D eigenvalue weighted by Crippen LogP contribution is 2.21. The van der Waals surface area contributed by atoms with E-state index in [1.807, 2.05) is 12.1 Å². The molecule has 12 heavy (non-hydrogen) atoms. The highest BCUT2D eigenvalue weighted by atomic mass is 79.9. The van der Waals surface area contributed by atoms with E-state index in [1.165, 1.54) is 4.88 Å². The molecule has 1 rings (SSSR count). The van der Waals surface area contributed by atoms with Gasteiger partial charge in [-0.2, -0.15) is 0 Å². The predicted octanol–water partition coefficient (Wildman–Crippen LogP) is 3.00. The number of hydrogen-bond donors (Lipinski definition) is 1. The molecule has 0 bridgehead atoms. The second-order valence-electron chi connectivity index (χ2n) is 2.16. The van der Waals surface area contributed by atoms with Gasteiger partial charge in [0, 0.05) is 11.4 Å². The molecule has 0 atom stereocenters. The summed E-state index contributed by atoms with van der Waals surface area (Å²) in [5.74, 6) is 0. The Morgan fingerprint density at radius 3 is 2.92 bits per heavy atom. The fraction of sp³-hybridized carbons (Fsp3) is 0.286. The van der Waals surface area contributed by atoms with Crippen molar-refractivity contribution in [3.05, 3.63) is 20.8 Å². The van der Waals surface area contributed by atoms with Crippen molar-refractivity contribution in [3.8, 4) is 0 Å². The Morgan fingerprint density at radius 1 is 1.67 bits per heavy atom. The van der Waals surface area contributed by atoms with E-state index in [0.717, 1.165) is 10.2 Å². The van der Waals surface area contributed by atoms with Crippen LogP contribution >= 0.6 is 38.9 Å². The number of nitrogens with one attached hydrogen (secondary N) is 1. The zero-order valence-electron chi connectivity index (χ0n) is 6.14. The maximum atomic E-state index is 10.3. The minimum atomic E-state index is -0.495. The van der Waals surface area contributed by atoms with E-state index >= 15 is 0 Å². The molecule has 0 saturated carbocycles. The zero-order valence-corrected chi connectivity index (χ0v) is 9.30. The molecule has 1 amide bonds. The minimum Gasteiger partial charge on any atom is -0.342 e. The molecule has 5 heteroatoms. The van der Waals surface area contributed by atoms with Gasteiger partial charge in [0.25, 0.3) is 0 Å². The van der Waals surface area contributed by atoms with Crippen LogP contribution < -0.4 is 5.32 Å². The van der Waals surface area contributed by atoms with Crippen LogP contribution in [-0.2, 0) is 6.42 Å². The maximum Gasteiger partial charge on any atom is 0.313 e. The van der Waals surface area contributed by atoms with Crippen molar-refractivity contribution in [2.24, 2.45) is 0 Å². The lowest BCUT2D eigenvalue weighted by molar-refractivity contribution is 0.260. The SMILES string of the molecule is O=C(Cl)NCCc1ccc(Br)s1. The van der Waals surface area contributed by atoms with E-state index < -0.39 is 5.37 Å². The number of thiophene rings is 1. The van der Waals surface area contributed by atoms with E-state index in [-0.39, 0.29) is 0 Å². The molecule has 0 spiro atoms. The third-order valence-corrected chi connectivity index (χ3v) is 3.08. The van der Waals surface area contributed by atoms with Crippen LogP contribution in [0.25, 0.3) is 0 Å². The number of carbonyl (C=O) groups excluding carboxylic acids is 1. The van der Waals surface area contributed by atoms with Gasteiger partial charge < -0.3 is 5.32 Å². The lowest BCUT2D eigenvalue weighted by atomic mass is 10.3. The van der Waals surface area contributed by atoms with Gasteiger partial charge in [-0.05, 0) is 46.1 Å². The highest BCUT2D eigenvalue weighted by molar-refractivity contribution is 9.11. The van der Waals surface area contributed by atoms with Crippen LogP contribution in [0.1, 0.15) is 4.88 Å². The largest absolute Gasteiger partial charge is 0.342 e. The molecule has 1 heterocycles. The lowest BCUT2D eigenvalue weighted by Crippen LogP contribution is -2.18. The fourth-order valence-electron chi connectivity index (χ4n) is 0.770. The monoisotopic (exact) mass is 267 g/mol. The normalized spacial score (nSPS) is 9.83. The summed E-state index contributed by atoms with van der Waals surface area (Å²) in [5, 5.41) is 2.03. The quantitative estimate of drug-likeness (QED) is 0.663. The van der Waals surface area contributed by atoms with Gasteiger partial charge in [-0.1, -0.05) is 0 Å². The molecule has 1 aromatic rings. The van der Waals surface area contributed by atoms with Crippen LogP contribution in [0.5, 0.6) is 0 Å². The van der Waals surface area contributed by atoms with Crippen LogP contribution in [0.4, 0.5) is 4.79 Å². The molecule has 0 radical (unpaired) electrons. The lowest BCUT2D eigenvalue weighted by Gasteiger charge is -1.96. The topological polar surface area (TPSA) is 29.1 Å². The first-order valence-electron chi connectivity index (χ1n) is 3.36. The summed E-state index contributed by atoms with van der Waals surface area (Å²) in [5.41, 5.74) is 0. The average molecular weight is 269 g/mol. The molecule has 2 nitrogen and oxygen atoms in total.